The van der Waals surface area contributed by atoms with Gasteiger partial charge >= 0.3 is 0 Å². The van der Waals surface area contributed by atoms with Crippen molar-refractivity contribution in [3.8, 4) is 6.07 Å². The van der Waals surface area contributed by atoms with Crippen molar-refractivity contribution in [2.45, 2.75) is 25.3 Å². The molecule has 1 N–H and O–H groups in total. The molecule has 1 aliphatic rings. The Hall–Kier alpha value is -1.60. The number of rotatable bonds is 2. The van der Waals surface area contributed by atoms with Gasteiger partial charge in [0.15, 0.2) is 0 Å². The molecule has 3 rings (SSSR count). The average Bonchev–Trinajstić information content (AvgIpc) is 2.96. The highest BCUT2D eigenvalue weighted by Crippen LogP contribution is 2.29. The lowest BCUT2D eigenvalue weighted by Gasteiger charge is -2.16. The molecule has 1 fully saturated rings. The van der Waals surface area contributed by atoms with Crippen molar-refractivity contribution in [3.63, 3.8) is 0 Å². The summed E-state index contributed by atoms with van der Waals surface area (Å²) >= 11 is 1.65. The van der Waals surface area contributed by atoms with Gasteiger partial charge in [-0.25, -0.2) is 4.98 Å². The summed E-state index contributed by atoms with van der Waals surface area (Å²) in [6, 6.07) is 8.91. The van der Waals surface area contributed by atoms with Gasteiger partial charge in [-0.3, -0.25) is 0 Å². The molecule has 3 nitrogen and oxygen atoms in total. The number of fused-ring (bicyclic) bond motifs is 1. The zero-order valence-electron chi connectivity index (χ0n) is 9.39. The molecule has 2 atom stereocenters. The Morgan fingerprint density at radius 2 is 2.35 bits per heavy atom. The number of nitrogens with zero attached hydrogens (tertiary/aromatic N) is 2. The first-order chi connectivity index (χ1) is 8.36. The first-order valence-electron chi connectivity index (χ1n) is 5.86. The molecule has 0 saturated heterocycles. The van der Waals surface area contributed by atoms with E-state index in [-0.39, 0.29) is 5.92 Å². The van der Waals surface area contributed by atoms with Gasteiger partial charge in [-0.1, -0.05) is 0 Å². The van der Waals surface area contributed by atoms with Gasteiger partial charge in [0.05, 0.1) is 27.7 Å². The molecule has 1 saturated carbocycles. The normalized spacial score (nSPS) is 23.7. The molecule has 2 aromatic rings. The summed E-state index contributed by atoms with van der Waals surface area (Å²) < 4.78 is 1.20. The second-order valence-corrected chi connectivity index (χ2v) is 5.34. The highest BCUT2D eigenvalue weighted by Gasteiger charge is 2.26. The van der Waals surface area contributed by atoms with Gasteiger partial charge in [0.2, 0.25) is 0 Å². The topological polar surface area (TPSA) is 48.7 Å². The molecule has 4 heteroatoms. The van der Waals surface area contributed by atoms with Gasteiger partial charge in [0.25, 0.3) is 0 Å². The Morgan fingerprint density at radius 3 is 3.24 bits per heavy atom. The summed E-state index contributed by atoms with van der Waals surface area (Å²) in [4.78, 5) is 4.26. The van der Waals surface area contributed by atoms with E-state index in [1.54, 1.807) is 11.3 Å². The Bertz CT molecular complexity index is 569. The van der Waals surface area contributed by atoms with Gasteiger partial charge in [0.1, 0.15) is 0 Å². The number of anilines is 1. The maximum Gasteiger partial charge on any atom is 0.0813 e. The number of hydrogen-bond acceptors (Lipinski definition) is 4. The van der Waals surface area contributed by atoms with E-state index >= 15 is 0 Å². The fourth-order valence-corrected chi connectivity index (χ4v) is 3.16. The summed E-state index contributed by atoms with van der Waals surface area (Å²) in [5.41, 5.74) is 4.01. The SMILES string of the molecule is N#CC1CCCC1Nc1ccc2ncsc2c1. The zero-order chi connectivity index (χ0) is 11.7. The molecule has 1 aliphatic carbocycles. The second kappa shape index (κ2) is 4.34. The van der Waals surface area contributed by atoms with Crippen LogP contribution in [0.25, 0.3) is 10.2 Å². The maximum absolute atomic E-state index is 9.06. The van der Waals surface area contributed by atoms with Crippen LogP contribution in [0, 0.1) is 17.2 Å². The third kappa shape index (κ3) is 1.98. The summed E-state index contributed by atoms with van der Waals surface area (Å²) in [7, 11) is 0. The Labute approximate surface area is 104 Å². The van der Waals surface area contributed by atoms with Crippen LogP contribution in [0.1, 0.15) is 19.3 Å². The van der Waals surface area contributed by atoms with Crippen molar-refractivity contribution in [3.05, 3.63) is 23.7 Å². The van der Waals surface area contributed by atoms with Crippen LogP contribution in [0.5, 0.6) is 0 Å². The van der Waals surface area contributed by atoms with Crippen LogP contribution < -0.4 is 5.32 Å². The van der Waals surface area contributed by atoms with Crippen LogP contribution in [0.4, 0.5) is 5.69 Å². The summed E-state index contributed by atoms with van der Waals surface area (Å²) in [5.74, 6) is 0.159. The highest BCUT2D eigenvalue weighted by molar-refractivity contribution is 7.16. The molecule has 1 aromatic carbocycles. The van der Waals surface area contributed by atoms with Gasteiger partial charge < -0.3 is 5.32 Å². The summed E-state index contributed by atoms with van der Waals surface area (Å²) in [6.45, 7) is 0. The molecule has 17 heavy (non-hydrogen) atoms. The average molecular weight is 243 g/mol. The van der Waals surface area contributed by atoms with Crippen LogP contribution in [-0.4, -0.2) is 11.0 Å². The monoisotopic (exact) mass is 243 g/mol. The summed E-state index contributed by atoms with van der Waals surface area (Å²) in [5, 5.41) is 12.5. The van der Waals surface area contributed by atoms with Gasteiger partial charge in [0, 0.05) is 11.7 Å². The lowest BCUT2D eigenvalue weighted by atomic mass is 10.1. The molecule has 0 aliphatic heterocycles. The second-order valence-electron chi connectivity index (χ2n) is 4.45. The van der Waals surface area contributed by atoms with Gasteiger partial charge in [-0.15, -0.1) is 11.3 Å². The summed E-state index contributed by atoms with van der Waals surface area (Å²) in [6.07, 6.45) is 3.27. The highest BCUT2D eigenvalue weighted by atomic mass is 32.1. The van der Waals surface area contributed by atoms with Crippen LogP contribution in [0.3, 0.4) is 0 Å². The zero-order valence-corrected chi connectivity index (χ0v) is 10.2. The minimum atomic E-state index is 0.159. The van der Waals surface area contributed by atoms with Gasteiger partial charge in [-0.05, 0) is 37.5 Å². The van der Waals surface area contributed by atoms with Crippen molar-refractivity contribution in [1.29, 1.82) is 5.26 Å². The number of nitrogens with one attached hydrogen (secondary N) is 1. The van der Waals surface area contributed by atoms with Crippen LogP contribution >= 0.6 is 11.3 Å². The van der Waals surface area contributed by atoms with Crippen molar-refractivity contribution < 1.29 is 0 Å². The third-order valence-electron chi connectivity index (χ3n) is 3.37. The Kier molecular flexibility index (Phi) is 2.69. The molecule has 0 bridgehead atoms. The number of hydrogen-bond donors (Lipinski definition) is 1. The quantitative estimate of drug-likeness (QED) is 0.879. The van der Waals surface area contributed by atoms with E-state index in [1.807, 2.05) is 11.6 Å². The van der Waals surface area contributed by atoms with Crippen LogP contribution in [0.2, 0.25) is 0 Å². The van der Waals surface area contributed by atoms with E-state index in [0.717, 1.165) is 30.5 Å². The molecule has 0 spiro atoms. The smallest absolute Gasteiger partial charge is 0.0813 e. The Balaban J connectivity index is 1.82. The van der Waals surface area contributed by atoms with E-state index in [9.17, 15) is 0 Å². The third-order valence-corrected chi connectivity index (χ3v) is 4.16. The molecule has 0 amide bonds. The molecular formula is C13H13N3S. The molecule has 1 heterocycles. The largest absolute Gasteiger partial charge is 0.381 e. The first-order valence-corrected chi connectivity index (χ1v) is 6.74. The van der Waals surface area contributed by atoms with Crippen molar-refractivity contribution in [2.24, 2.45) is 5.92 Å². The fraction of sp³-hybridized carbons (Fsp3) is 0.385. The first kappa shape index (κ1) is 10.5. The maximum atomic E-state index is 9.06. The van der Waals surface area contributed by atoms with E-state index in [2.05, 4.69) is 28.5 Å². The number of thiazole rings is 1. The Morgan fingerprint density at radius 1 is 1.41 bits per heavy atom. The molecular weight excluding hydrogens is 230 g/mol. The number of benzene rings is 1. The minimum absolute atomic E-state index is 0.159. The fourth-order valence-electron chi connectivity index (χ4n) is 2.45. The molecule has 2 unspecified atom stereocenters. The molecule has 86 valence electrons. The predicted molar refractivity (Wildman–Crippen MR) is 70.0 cm³/mol. The van der Waals surface area contributed by atoms with E-state index < -0.39 is 0 Å². The van der Waals surface area contributed by atoms with Crippen LogP contribution in [-0.2, 0) is 0 Å². The lowest BCUT2D eigenvalue weighted by molar-refractivity contribution is 0.630. The standard InChI is InChI=1S/C13H13N3S/c14-7-9-2-1-3-11(9)16-10-4-5-12-13(6-10)17-8-15-12/h4-6,8-9,11,16H,1-3H2. The number of nitriles is 1. The molecule has 1 aromatic heterocycles. The minimum Gasteiger partial charge on any atom is -0.381 e. The van der Waals surface area contributed by atoms with E-state index in [1.165, 1.54) is 4.70 Å². The lowest BCUT2D eigenvalue weighted by Crippen LogP contribution is -2.22. The predicted octanol–water partition coefficient (Wildman–Crippen LogP) is 3.40. The van der Waals surface area contributed by atoms with Crippen molar-refractivity contribution in [1.82, 2.24) is 4.98 Å². The van der Waals surface area contributed by atoms with Crippen LogP contribution in [0.15, 0.2) is 23.7 Å². The van der Waals surface area contributed by atoms with Crippen molar-refractivity contribution in [2.75, 3.05) is 5.32 Å². The van der Waals surface area contributed by atoms with E-state index in [0.29, 0.717) is 6.04 Å². The van der Waals surface area contributed by atoms with E-state index in [4.69, 9.17) is 5.26 Å². The number of aromatic nitrogens is 1. The van der Waals surface area contributed by atoms with Crippen molar-refractivity contribution >= 4 is 27.2 Å². The molecule has 0 radical (unpaired) electrons. The van der Waals surface area contributed by atoms with Gasteiger partial charge in [-0.2, -0.15) is 5.26 Å².